The van der Waals surface area contributed by atoms with E-state index in [9.17, 15) is 4.79 Å². The predicted octanol–water partition coefficient (Wildman–Crippen LogP) is 8.16. The summed E-state index contributed by atoms with van der Waals surface area (Å²) in [6, 6.07) is 11.8. The van der Waals surface area contributed by atoms with Gasteiger partial charge < -0.3 is 18.9 Å². The first-order chi connectivity index (χ1) is 18.3. The molecule has 5 nitrogen and oxygen atoms in total. The predicted molar refractivity (Wildman–Crippen MR) is 155 cm³/mol. The molecule has 0 spiro atoms. The molecule has 1 saturated carbocycles. The Morgan fingerprint density at radius 1 is 0.684 bits per heavy atom. The van der Waals surface area contributed by atoms with Gasteiger partial charge in [-0.25, -0.2) is 0 Å². The molecule has 0 aromatic heterocycles. The van der Waals surface area contributed by atoms with Crippen molar-refractivity contribution >= 4 is 17.9 Å². The number of ether oxygens (including phenoxy) is 4. The summed E-state index contributed by atoms with van der Waals surface area (Å²) >= 11 is 0. The van der Waals surface area contributed by atoms with Gasteiger partial charge >= 0.3 is 0 Å². The molecule has 3 rings (SSSR count). The lowest BCUT2D eigenvalue weighted by Crippen LogP contribution is -2.30. The normalized spacial score (nSPS) is 18.1. The quantitative estimate of drug-likeness (QED) is 0.264. The number of hydrogen-bond acceptors (Lipinski definition) is 5. The Balaban J connectivity index is 2.04. The molecule has 0 atom stereocenters. The lowest BCUT2D eigenvalue weighted by molar-refractivity contribution is -0.113. The van der Waals surface area contributed by atoms with E-state index in [-0.39, 0.29) is 11.2 Å². The van der Waals surface area contributed by atoms with Gasteiger partial charge in [0.25, 0.3) is 0 Å². The highest BCUT2D eigenvalue weighted by Crippen LogP contribution is 2.44. The first kappa shape index (κ1) is 29.3. The van der Waals surface area contributed by atoms with Crippen molar-refractivity contribution in [3.05, 3.63) is 58.7 Å². The lowest BCUT2D eigenvalue weighted by Gasteiger charge is -2.38. The number of Topliss-reactive ketones (excluding diaryl/α,β-unsaturated/α-hetero) is 1. The molecule has 1 aliphatic carbocycles. The highest BCUT2D eigenvalue weighted by Gasteiger charge is 2.36. The number of benzene rings is 2. The molecule has 0 amide bonds. The summed E-state index contributed by atoms with van der Waals surface area (Å²) in [6.45, 7) is 16.9. The van der Waals surface area contributed by atoms with Gasteiger partial charge in [-0.1, -0.05) is 39.3 Å². The molecule has 0 aliphatic heterocycles. The van der Waals surface area contributed by atoms with E-state index in [2.05, 4.69) is 20.8 Å². The number of rotatable bonds is 12. The van der Waals surface area contributed by atoms with E-state index < -0.39 is 0 Å². The Bertz CT molecular complexity index is 1080. The molecule has 0 unspecified atom stereocenters. The van der Waals surface area contributed by atoms with E-state index >= 15 is 0 Å². The van der Waals surface area contributed by atoms with Gasteiger partial charge in [0, 0.05) is 11.1 Å². The van der Waals surface area contributed by atoms with Crippen LogP contribution in [0.1, 0.15) is 78.9 Å². The van der Waals surface area contributed by atoms with Gasteiger partial charge in [0.2, 0.25) is 0 Å². The lowest BCUT2D eigenvalue weighted by atomic mass is 9.66. The van der Waals surface area contributed by atoms with E-state index in [1.807, 2.05) is 76.2 Å². The molecule has 38 heavy (non-hydrogen) atoms. The van der Waals surface area contributed by atoms with Gasteiger partial charge in [0.15, 0.2) is 28.8 Å². The first-order valence-electron chi connectivity index (χ1n) is 14.0. The van der Waals surface area contributed by atoms with Crippen molar-refractivity contribution in [3.8, 4) is 23.0 Å². The maximum absolute atomic E-state index is 13.8. The van der Waals surface area contributed by atoms with Crippen molar-refractivity contribution in [3.63, 3.8) is 0 Å². The molecule has 2 aromatic rings. The second kappa shape index (κ2) is 13.5. The van der Waals surface area contributed by atoms with Crippen molar-refractivity contribution in [1.82, 2.24) is 0 Å². The second-order valence-corrected chi connectivity index (χ2v) is 10.3. The second-order valence-electron chi connectivity index (χ2n) is 10.3. The first-order valence-corrected chi connectivity index (χ1v) is 14.0. The highest BCUT2D eigenvalue weighted by molar-refractivity contribution is 6.14. The van der Waals surface area contributed by atoms with Crippen LogP contribution in [0, 0.1) is 11.3 Å². The summed E-state index contributed by atoms with van der Waals surface area (Å²) in [6.07, 6.45) is 6.59. The molecule has 0 saturated heterocycles. The third-order valence-corrected chi connectivity index (χ3v) is 7.35. The van der Waals surface area contributed by atoms with Gasteiger partial charge in [-0.05, 0) is 99.4 Å². The summed E-state index contributed by atoms with van der Waals surface area (Å²) in [5.74, 6) is 3.30. The minimum absolute atomic E-state index is 0.101. The Hall–Kier alpha value is -3.21. The van der Waals surface area contributed by atoms with E-state index in [0.29, 0.717) is 43.8 Å². The molecule has 0 heterocycles. The SMILES string of the molecule is CCOc1ccc(/C=C2\CC(C(C)(C)CC)C/C(=C\c3ccc(OCC)c(OCC)c3)C2=O)cc1OCC. The molecule has 0 radical (unpaired) electrons. The Kier molecular flexibility index (Phi) is 10.5. The molecule has 1 fully saturated rings. The summed E-state index contributed by atoms with van der Waals surface area (Å²) in [5.41, 5.74) is 3.64. The fourth-order valence-corrected chi connectivity index (χ4v) is 4.80. The van der Waals surface area contributed by atoms with Crippen molar-refractivity contribution in [2.45, 2.75) is 67.7 Å². The average molecular weight is 521 g/mol. The molecule has 206 valence electrons. The van der Waals surface area contributed by atoms with Gasteiger partial charge in [-0.2, -0.15) is 0 Å². The van der Waals surface area contributed by atoms with Gasteiger partial charge in [0.1, 0.15) is 0 Å². The standard InChI is InChI=1S/C33H44O5/c1-8-33(6,7)27-21-25(17-23-13-15-28(35-9-2)30(19-23)37-11-4)32(34)26(22-27)18-24-14-16-29(36-10-3)31(20-24)38-12-5/h13-20,27H,8-12,21-22H2,1-7H3/b25-17+,26-18+. The van der Waals surface area contributed by atoms with Gasteiger partial charge in [-0.3, -0.25) is 4.79 Å². The molecular formula is C33H44O5. The monoisotopic (exact) mass is 520 g/mol. The van der Waals surface area contributed by atoms with Crippen molar-refractivity contribution < 1.29 is 23.7 Å². The minimum Gasteiger partial charge on any atom is -0.490 e. The van der Waals surface area contributed by atoms with Crippen molar-refractivity contribution in [2.75, 3.05) is 26.4 Å². The van der Waals surface area contributed by atoms with Crippen LogP contribution in [-0.2, 0) is 4.79 Å². The molecule has 5 heteroatoms. The summed E-state index contributed by atoms with van der Waals surface area (Å²) in [4.78, 5) is 13.8. The van der Waals surface area contributed by atoms with Crippen molar-refractivity contribution in [1.29, 1.82) is 0 Å². The Morgan fingerprint density at radius 3 is 1.45 bits per heavy atom. The van der Waals surface area contributed by atoms with E-state index in [4.69, 9.17) is 18.9 Å². The van der Waals surface area contributed by atoms with Crippen LogP contribution in [-0.4, -0.2) is 32.2 Å². The van der Waals surface area contributed by atoms with E-state index in [1.165, 1.54) is 0 Å². The van der Waals surface area contributed by atoms with Crippen molar-refractivity contribution in [2.24, 2.45) is 11.3 Å². The van der Waals surface area contributed by atoms with E-state index in [1.54, 1.807) is 0 Å². The van der Waals surface area contributed by atoms with Crippen LogP contribution in [0.3, 0.4) is 0 Å². The largest absolute Gasteiger partial charge is 0.490 e. The van der Waals surface area contributed by atoms with Crippen LogP contribution >= 0.6 is 0 Å². The third-order valence-electron chi connectivity index (χ3n) is 7.35. The topological polar surface area (TPSA) is 54.0 Å². The number of carbonyl (C=O) groups is 1. The zero-order chi connectivity index (χ0) is 27.7. The van der Waals surface area contributed by atoms with Crippen LogP contribution in [0.25, 0.3) is 12.2 Å². The number of allylic oxidation sites excluding steroid dienone is 2. The molecule has 0 bridgehead atoms. The average Bonchev–Trinajstić information content (AvgIpc) is 2.89. The molecule has 0 N–H and O–H groups in total. The molecule has 1 aliphatic rings. The van der Waals surface area contributed by atoms with Gasteiger partial charge in [0.05, 0.1) is 26.4 Å². The smallest absolute Gasteiger partial charge is 0.185 e. The number of carbonyl (C=O) groups excluding carboxylic acids is 1. The maximum Gasteiger partial charge on any atom is 0.185 e. The fraction of sp³-hybridized carbons (Fsp3) is 0.485. The van der Waals surface area contributed by atoms with E-state index in [0.717, 1.165) is 53.0 Å². The fourth-order valence-electron chi connectivity index (χ4n) is 4.80. The summed E-state index contributed by atoms with van der Waals surface area (Å²) in [7, 11) is 0. The Labute approximate surface area is 228 Å². The Morgan fingerprint density at radius 2 is 1.08 bits per heavy atom. The van der Waals surface area contributed by atoms with Crippen LogP contribution in [0.5, 0.6) is 23.0 Å². The zero-order valence-electron chi connectivity index (χ0n) is 24.2. The maximum atomic E-state index is 13.8. The van der Waals surface area contributed by atoms with Gasteiger partial charge in [-0.15, -0.1) is 0 Å². The van der Waals surface area contributed by atoms with Crippen LogP contribution in [0.15, 0.2) is 47.5 Å². The molecule has 2 aromatic carbocycles. The van der Waals surface area contributed by atoms with Crippen LogP contribution < -0.4 is 18.9 Å². The minimum atomic E-state index is 0.101. The molecular weight excluding hydrogens is 476 g/mol. The van der Waals surface area contributed by atoms with Crippen LogP contribution in [0.4, 0.5) is 0 Å². The third kappa shape index (κ3) is 7.21. The summed E-state index contributed by atoms with van der Waals surface area (Å²) < 4.78 is 23.1. The number of ketones is 1. The van der Waals surface area contributed by atoms with Crippen LogP contribution in [0.2, 0.25) is 0 Å². The number of hydrogen-bond donors (Lipinski definition) is 0. The summed E-state index contributed by atoms with van der Waals surface area (Å²) in [5, 5.41) is 0. The zero-order valence-corrected chi connectivity index (χ0v) is 24.2. The highest BCUT2D eigenvalue weighted by atomic mass is 16.5.